The maximum atomic E-state index is 12.6. The van der Waals surface area contributed by atoms with Gasteiger partial charge in [-0.3, -0.25) is 9.69 Å². The van der Waals surface area contributed by atoms with Crippen LogP contribution in [0, 0.1) is 0 Å². The number of benzene rings is 1. The van der Waals surface area contributed by atoms with Gasteiger partial charge in [-0.1, -0.05) is 0 Å². The summed E-state index contributed by atoms with van der Waals surface area (Å²) in [6.45, 7) is 3.20. The van der Waals surface area contributed by atoms with Crippen LogP contribution in [0.3, 0.4) is 0 Å². The normalized spacial score (nSPS) is 16.8. The molecule has 1 atom stereocenters. The monoisotopic (exact) mass is 407 g/mol. The van der Waals surface area contributed by atoms with E-state index in [1.54, 1.807) is 6.26 Å². The molecule has 1 N–H and O–H groups in total. The zero-order valence-corrected chi connectivity index (χ0v) is 16.8. The molecule has 3 rings (SSSR count). The lowest BCUT2D eigenvalue weighted by Gasteiger charge is -2.33. The molecular formula is C19H25N3O5S. The van der Waals surface area contributed by atoms with Crippen molar-refractivity contribution in [2.75, 3.05) is 46.9 Å². The number of hydrogen-bond donors (Lipinski definition) is 1. The first kappa shape index (κ1) is 20.5. The number of amides is 1. The number of nitrogens with one attached hydrogen (secondary N) is 1. The molecule has 152 valence electrons. The molecule has 1 unspecified atom stereocenters. The first-order chi connectivity index (χ1) is 13.4. The number of nitrogens with zero attached hydrogens (tertiary/aromatic N) is 2. The van der Waals surface area contributed by atoms with Gasteiger partial charge in [-0.25, -0.2) is 12.7 Å². The predicted octanol–water partition coefficient (Wildman–Crippen LogP) is 1.33. The molecule has 9 heteroatoms. The highest BCUT2D eigenvalue weighted by atomic mass is 32.2. The molecule has 1 aliphatic heterocycles. The van der Waals surface area contributed by atoms with Crippen LogP contribution >= 0.6 is 0 Å². The lowest BCUT2D eigenvalue weighted by Crippen LogP contribution is -2.43. The van der Waals surface area contributed by atoms with Crippen molar-refractivity contribution in [3.8, 4) is 0 Å². The molecule has 1 saturated heterocycles. The molecule has 1 aromatic heterocycles. The molecule has 0 saturated carbocycles. The van der Waals surface area contributed by atoms with E-state index in [0.29, 0.717) is 25.3 Å². The lowest BCUT2D eigenvalue weighted by molar-refractivity contribution is 0.0118. The molecule has 8 nitrogen and oxygen atoms in total. The largest absolute Gasteiger partial charge is 0.468 e. The Labute approximate surface area is 165 Å². The third-order valence-electron chi connectivity index (χ3n) is 4.71. The van der Waals surface area contributed by atoms with Gasteiger partial charge < -0.3 is 14.5 Å². The molecule has 0 aliphatic carbocycles. The Morgan fingerprint density at radius 2 is 1.86 bits per heavy atom. The van der Waals surface area contributed by atoms with Crippen molar-refractivity contribution in [2.24, 2.45) is 0 Å². The predicted molar refractivity (Wildman–Crippen MR) is 103 cm³/mol. The highest BCUT2D eigenvalue weighted by Crippen LogP contribution is 2.22. The van der Waals surface area contributed by atoms with Crippen molar-refractivity contribution < 1.29 is 22.4 Å². The Balaban J connectivity index is 1.67. The average molecular weight is 407 g/mol. The van der Waals surface area contributed by atoms with Gasteiger partial charge in [0.1, 0.15) is 5.76 Å². The van der Waals surface area contributed by atoms with Crippen molar-refractivity contribution in [1.82, 2.24) is 14.5 Å². The molecule has 2 aromatic rings. The van der Waals surface area contributed by atoms with Crippen molar-refractivity contribution in [1.29, 1.82) is 0 Å². The number of carbonyl (C=O) groups excluding carboxylic acids is 1. The smallest absolute Gasteiger partial charge is 0.251 e. The zero-order valence-electron chi connectivity index (χ0n) is 16.0. The third-order valence-corrected chi connectivity index (χ3v) is 6.54. The van der Waals surface area contributed by atoms with Gasteiger partial charge in [-0.2, -0.15) is 0 Å². The Kier molecular flexibility index (Phi) is 6.50. The van der Waals surface area contributed by atoms with E-state index in [0.717, 1.165) is 23.2 Å². The summed E-state index contributed by atoms with van der Waals surface area (Å²) in [7, 11) is -0.581. The number of sulfonamides is 1. The Morgan fingerprint density at radius 1 is 1.18 bits per heavy atom. The number of rotatable bonds is 7. The summed E-state index contributed by atoms with van der Waals surface area (Å²) in [5.74, 6) is 0.522. The highest BCUT2D eigenvalue weighted by molar-refractivity contribution is 7.89. The molecule has 1 fully saturated rings. The lowest BCUT2D eigenvalue weighted by atomic mass is 10.1. The van der Waals surface area contributed by atoms with E-state index >= 15 is 0 Å². The second-order valence-corrected chi connectivity index (χ2v) is 8.85. The molecule has 0 bridgehead atoms. The molecule has 2 heterocycles. The maximum Gasteiger partial charge on any atom is 0.251 e. The minimum Gasteiger partial charge on any atom is -0.468 e. The Bertz CT molecular complexity index is 873. The van der Waals surface area contributed by atoms with Crippen molar-refractivity contribution in [2.45, 2.75) is 10.9 Å². The van der Waals surface area contributed by atoms with E-state index in [1.165, 1.54) is 38.4 Å². The first-order valence-electron chi connectivity index (χ1n) is 9.05. The van der Waals surface area contributed by atoms with Crippen LogP contribution in [0.2, 0.25) is 0 Å². The fourth-order valence-corrected chi connectivity index (χ4v) is 3.96. The maximum absolute atomic E-state index is 12.6. The summed E-state index contributed by atoms with van der Waals surface area (Å²) >= 11 is 0. The van der Waals surface area contributed by atoms with Crippen molar-refractivity contribution in [3.05, 3.63) is 54.0 Å². The summed E-state index contributed by atoms with van der Waals surface area (Å²) < 4.78 is 36.4. The standard InChI is InChI=1S/C19H25N3O5S/c1-21(2)28(24,25)16-7-5-15(6-8-16)19(23)20-14-17(18-4-3-11-27-18)22-9-12-26-13-10-22/h3-8,11,17H,9-10,12-14H2,1-2H3,(H,20,23). The Hall–Kier alpha value is -2.20. The van der Waals surface area contributed by atoms with Gasteiger partial charge in [0.15, 0.2) is 0 Å². The van der Waals surface area contributed by atoms with Crippen LogP contribution in [0.4, 0.5) is 0 Å². The number of ether oxygens (including phenoxy) is 1. The second-order valence-electron chi connectivity index (χ2n) is 6.70. The van der Waals surface area contributed by atoms with Crippen LogP contribution in [0.5, 0.6) is 0 Å². The SMILES string of the molecule is CN(C)S(=O)(=O)c1ccc(C(=O)NCC(c2ccco2)N2CCOCC2)cc1. The summed E-state index contributed by atoms with van der Waals surface area (Å²) in [4.78, 5) is 14.9. The fraction of sp³-hybridized carbons (Fsp3) is 0.421. The van der Waals surface area contributed by atoms with Gasteiger partial charge >= 0.3 is 0 Å². The Morgan fingerprint density at radius 3 is 2.43 bits per heavy atom. The van der Waals surface area contributed by atoms with E-state index in [2.05, 4.69) is 10.2 Å². The average Bonchev–Trinajstić information content (AvgIpc) is 3.23. The van der Waals surface area contributed by atoms with E-state index in [9.17, 15) is 13.2 Å². The minimum atomic E-state index is -3.52. The topological polar surface area (TPSA) is 92.1 Å². The zero-order chi connectivity index (χ0) is 20.1. The first-order valence-corrected chi connectivity index (χ1v) is 10.5. The summed E-state index contributed by atoms with van der Waals surface area (Å²) in [6.07, 6.45) is 1.62. The van der Waals surface area contributed by atoms with Gasteiger partial charge in [0, 0.05) is 39.3 Å². The van der Waals surface area contributed by atoms with E-state index in [4.69, 9.17) is 9.15 Å². The molecular weight excluding hydrogens is 382 g/mol. The molecule has 28 heavy (non-hydrogen) atoms. The van der Waals surface area contributed by atoms with Crippen LogP contribution < -0.4 is 5.32 Å². The van der Waals surface area contributed by atoms with E-state index in [-0.39, 0.29) is 16.8 Å². The molecule has 1 aliphatic rings. The van der Waals surface area contributed by atoms with Gasteiger partial charge in [0.2, 0.25) is 10.0 Å². The van der Waals surface area contributed by atoms with E-state index in [1.807, 2.05) is 12.1 Å². The molecule has 0 radical (unpaired) electrons. The van der Waals surface area contributed by atoms with Crippen LogP contribution in [-0.4, -0.2) is 70.5 Å². The van der Waals surface area contributed by atoms with E-state index < -0.39 is 10.0 Å². The van der Waals surface area contributed by atoms with Gasteiger partial charge in [0.25, 0.3) is 5.91 Å². The summed E-state index contributed by atoms with van der Waals surface area (Å²) in [5.41, 5.74) is 0.401. The highest BCUT2D eigenvalue weighted by Gasteiger charge is 2.25. The number of morpholine rings is 1. The number of hydrogen-bond acceptors (Lipinski definition) is 6. The summed E-state index contributed by atoms with van der Waals surface area (Å²) in [6, 6.07) is 9.55. The van der Waals surface area contributed by atoms with Crippen LogP contribution in [0.25, 0.3) is 0 Å². The fourth-order valence-electron chi connectivity index (χ4n) is 3.06. The van der Waals surface area contributed by atoms with Gasteiger partial charge in [-0.15, -0.1) is 0 Å². The number of furan rings is 1. The van der Waals surface area contributed by atoms with Gasteiger partial charge in [0.05, 0.1) is 30.4 Å². The van der Waals surface area contributed by atoms with Crippen LogP contribution in [0.1, 0.15) is 22.2 Å². The third kappa shape index (κ3) is 4.61. The van der Waals surface area contributed by atoms with Crippen molar-refractivity contribution in [3.63, 3.8) is 0 Å². The van der Waals surface area contributed by atoms with Crippen LogP contribution in [-0.2, 0) is 14.8 Å². The van der Waals surface area contributed by atoms with Gasteiger partial charge in [-0.05, 0) is 36.4 Å². The number of carbonyl (C=O) groups is 1. The summed E-state index contributed by atoms with van der Waals surface area (Å²) in [5, 5.41) is 2.92. The quantitative estimate of drug-likeness (QED) is 0.745. The molecule has 0 spiro atoms. The second kappa shape index (κ2) is 8.87. The molecule has 1 aromatic carbocycles. The van der Waals surface area contributed by atoms with Crippen LogP contribution in [0.15, 0.2) is 52.0 Å². The van der Waals surface area contributed by atoms with Crippen molar-refractivity contribution >= 4 is 15.9 Å². The minimum absolute atomic E-state index is 0.0868. The molecule has 1 amide bonds.